The number of nitrogens with zero attached hydrogens (tertiary/aromatic N) is 4. The zero-order valence-corrected chi connectivity index (χ0v) is 14.2. The summed E-state index contributed by atoms with van der Waals surface area (Å²) >= 11 is 0. The quantitative estimate of drug-likeness (QED) is 0.484. The molecule has 5 N–H and O–H groups in total. The van der Waals surface area contributed by atoms with Crippen LogP contribution in [-0.2, 0) is 17.1 Å². The van der Waals surface area contributed by atoms with Gasteiger partial charge in [-0.05, 0) is 12.1 Å². The largest absolute Gasteiger partial charge is 0.395 e. The maximum atomic E-state index is 11.7. The highest BCUT2D eigenvalue weighted by atomic mass is 32.2. The predicted octanol–water partition coefficient (Wildman–Crippen LogP) is 0.158. The summed E-state index contributed by atoms with van der Waals surface area (Å²) in [5, 5.41) is 24.9. The summed E-state index contributed by atoms with van der Waals surface area (Å²) in [6.45, 7) is 0.233. The first-order chi connectivity index (χ1) is 11.9. The number of aliphatic hydroxyl groups is 1. The number of benzene rings is 1. The number of hydrogen-bond acceptors (Lipinski definition) is 8. The van der Waals surface area contributed by atoms with Crippen LogP contribution in [0.15, 0.2) is 35.4 Å². The third kappa shape index (κ3) is 3.52. The molecule has 3 rings (SSSR count). The second-order valence-corrected chi connectivity index (χ2v) is 6.75. The van der Waals surface area contributed by atoms with Gasteiger partial charge in [0.2, 0.25) is 16.0 Å². The summed E-state index contributed by atoms with van der Waals surface area (Å²) in [7, 11) is -2.17. The van der Waals surface area contributed by atoms with Crippen LogP contribution in [0.2, 0.25) is 0 Å². The van der Waals surface area contributed by atoms with Gasteiger partial charge in [-0.25, -0.2) is 13.6 Å². The molecule has 11 heteroatoms. The molecule has 1 aromatic carbocycles. The Kier molecular flexibility index (Phi) is 4.53. The van der Waals surface area contributed by atoms with Gasteiger partial charge < -0.3 is 15.7 Å². The molecule has 0 radical (unpaired) electrons. The van der Waals surface area contributed by atoms with Crippen molar-refractivity contribution in [3.63, 3.8) is 0 Å². The van der Waals surface area contributed by atoms with Crippen molar-refractivity contribution < 1.29 is 13.5 Å². The Labute approximate surface area is 143 Å². The van der Waals surface area contributed by atoms with Gasteiger partial charge in [0.15, 0.2) is 5.65 Å². The van der Waals surface area contributed by atoms with Crippen molar-refractivity contribution in [2.24, 2.45) is 12.2 Å². The zero-order valence-electron chi connectivity index (χ0n) is 13.3. The Morgan fingerprint density at radius 1 is 1.28 bits per heavy atom. The molecule has 0 unspecified atom stereocenters. The fourth-order valence-electron chi connectivity index (χ4n) is 2.33. The molecule has 0 atom stereocenters. The van der Waals surface area contributed by atoms with Crippen molar-refractivity contribution in [3.8, 4) is 0 Å². The van der Waals surface area contributed by atoms with Gasteiger partial charge >= 0.3 is 0 Å². The maximum Gasteiger partial charge on any atom is 0.240 e. The van der Waals surface area contributed by atoms with Crippen molar-refractivity contribution >= 4 is 38.5 Å². The fourth-order valence-corrected chi connectivity index (χ4v) is 3.02. The molecule has 0 amide bonds. The number of hydrogen-bond donors (Lipinski definition) is 4. The molecular weight excluding hydrogens is 346 g/mol. The summed E-state index contributed by atoms with van der Waals surface area (Å²) in [6, 6.07) is 6.21. The van der Waals surface area contributed by atoms with Crippen molar-refractivity contribution in [1.82, 2.24) is 19.7 Å². The van der Waals surface area contributed by atoms with Gasteiger partial charge in [0, 0.05) is 13.6 Å². The molecule has 10 nitrogen and oxygen atoms in total. The first-order valence-electron chi connectivity index (χ1n) is 7.33. The maximum absolute atomic E-state index is 11.7. The van der Waals surface area contributed by atoms with Crippen LogP contribution in [0.3, 0.4) is 0 Å². The van der Waals surface area contributed by atoms with Crippen LogP contribution in [0.25, 0.3) is 11.0 Å². The van der Waals surface area contributed by atoms with E-state index in [-0.39, 0.29) is 23.1 Å². The van der Waals surface area contributed by atoms with Crippen molar-refractivity contribution in [2.75, 3.05) is 23.8 Å². The lowest BCUT2D eigenvalue weighted by Crippen LogP contribution is -2.15. The molecule has 132 valence electrons. The average Bonchev–Trinajstić information content (AvgIpc) is 2.94. The molecule has 0 fully saturated rings. The Morgan fingerprint density at radius 2 is 2.04 bits per heavy atom. The number of nitrogens with one attached hydrogen (secondary N) is 2. The van der Waals surface area contributed by atoms with Gasteiger partial charge in [-0.2, -0.15) is 15.1 Å². The number of rotatable bonds is 6. The van der Waals surface area contributed by atoms with Crippen LogP contribution in [0, 0.1) is 0 Å². The normalized spacial score (nSPS) is 11.6. The van der Waals surface area contributed by atoms with Crippen LogP contribution in [0.4, 0.5) is 17.5 Å². The summed E-state index contributed by atoms with van der Waals surface area (Å²) in [4.78, 5) is 8.64. The minimum absolute atomic E-state index is 0.0615. The number of nitrogens with two attached hydrogens (primary N) is 1. The Hall–Kier alpha value is -2.76. The molecule has 0 aliphatic rings. The van der Waals surface area contributed by atoms with E-state index in [1.807, 2.05) is 0 Å². The highest BCUT2D eigenvalue weighted by molar-refractivity contribution is 7.89. The SMILES string of the molecule is Cn1ncc2c(NCCO)nc(Nc3ccccc3S(N)(=O)=O)nc21. The number of aliphatic hydroxyl groups excluding tert-OH is 1. The molecule has 2 aromatic heterocycles. The van der Waals surface area contributed by atoms with Crippen molar-refractivity contribution in [2.45, 2.75) is 4.90 Å². The van der Waals surface area contributed by atoms with E-state index in [9.17, 15) is 8.42 Å². The number of sulfonamides is 1. The average molecular weight is 363 g/mol. The van der Waals surface area contributed by atoms with Gasteiger partial charge in [0.25, 0.3) is 0 Å². The van der Waals surface area contributed by atoms with E-state index in [1.54, 1.807) is 36.1 Å². The summed E-state index contributed by atoms with van der Waals surface area (Å²) in [5.41, 5.74) is 0.811. The van der Waals surface area contributed by atoms with Gasteiger partial charge in [-0.1, -0.05) is 12.1 Å². The zero-order chi connectivity index (χ0) is 18.0. The van der Waals surface area contributed by atoms with Crippen LogP contribution >= 0.6 is 0 Å². The molecule has 0 aliphatic heterocycles. The van der Waals surface area contributed by atoms with Crippen molar-refractivity contribution in [3.05, 3.63) is 30.5 Å². The van der Waals surface area contributed by atoms with Gasteiger partial charge in [-0.15, -0.1) is 0 Å². The Balaban J connectivity index is 2.07. The lowest BCUT2D eigenvalue weighted by atomic mass is 10.3. The summed E-state index contributed by atoms with van der Waals surface area (Å²) in [6.07, 6.45) is 1.61. The van der Waals surface area contributed by atoms with Gasteiger partial charge in [0.05, 0.1) is 23.9 Å². The number of primary sulfonamides is 1. The number of anilines is 3. The first-order valence-corrected chi connectivity index (χ1v) is 8.88. The molecule has 0 bridgehead atoms. The lowest BCUT2D eigenvalue weighted by molar-refractivity contribution is 0.311. The Morgan fingerprint density at radius 3 is 2.76 bits per heavy atom. The van der Waals surface area contributed by atoms with E-state index in [2.05, 4.69) is 25.7 Å². The van der Waals surface area contributed by atoms with Gasteiger partial charge in [-0.3, -0.25) is 4.68 Å². The molecule has 0 aliphatic carbocycles. The first kappa shape index (κ1) is 17.1. The molecule has 0 spiro atoms. The van der Waals surface area contributed by atoms with Crippen LogP contribution in [0.1, 0.15) is 0 Å². The molecular formula is C14H17N7O3S. The lowest BCUT2D eigenvalue weighted by Gasteiger charge is -2.11. The standard InChI is InChI=1S/C14H17N7O3S/c1-21-13-9(8-17-21)12(16-6-7-22)19-14(20-13)18-10-4-2-3-5-11(10)25(15,23)24/h2-5,8,22H,6-7H2,1H3,(H2,15,23,24)(H2,16,18,19,20). The molecule has 3 aromatic rings. The van der Waals surface area contributed by atoms with E-state index < -0.39 is 10.0 Å². The van der Waals surface area contributed by atoms with E-state index in [0.29, 0.717) is 23.4 Å². The highest BCUT2D eigenvalue weighted by Crippen LogP contribution is 2.26. The van der Waals surface area contributed by atoms with Crippen LogP contribution in [-0.4, -0.2) is 46.4 Å². The monoisotopic (exact) mass is 363 g/mol. The number of aromatic nitrogens is 4. The Bertz CT molecular complexity index is 1020. The number of para-hydroxylation sites is 1. The van der Waals surface area contributed by atoms with E-state index in [1.165, 1.54) is 6.07 Å². The van der Waals surface area contributed by atoms with E-state index >= 15 is 0 Å². The molecule has 0 saturated heterocycles. The number of aryl methyl sites for hydroxylation is 1. The van der Waals surface area contributed by atoms with E-state index in [4.69, 9.17) is 10.2 Å². The minimum atomic E-state index is -3.90. The molecule has 25 heavy (non-hydrogen) atoms. The van der Waals surface area contributed by atoms with Crippen LogP contribution in [0.5, 0.6) is 0 Å². The second kappa shape index (κ2) is 6.63. The van der Waals surface area contributed by atoms with Gasteiger partial charge in [0.1, 0.15) is 10.7 Å². The topological polar surface area (TPSA) is 148 Å². The smallest absolute Gasteiger partial charge is 0.240 e. The predicted molar refractivity (Wildman–Crippen MR) is 93.0 cm³/mol. The molecule has 2 heterocycles. The van der Waals surface area contributed by atoms with E-state index in [0.717, 1.165) is 0 Å². The third-order valence-corrected chi connectivity index (χ3v) is 4.41. The number of fused-ring (bicyclic) bond motifs is 1. The fraction of sp³-hybridized carbons (Fsp3) is 0.214. The minimum Gasteiger partial charge on any atom is -0.395 e. The van der Waals surface area contributed by atoms with Crippen LogP contribution < -0.4 is 15.8 Å². The summed E-state index contributed by atoms with van der Waals surface area (Å²) < 4.78 is 25.0. The third-order valence-electron chi connectivity index (χ3n) is 3.44. The van der Waals surface area contributed by atoms with Crippen molar-refractivity contribution in [1.29, 1.82) is 0 Å². The summed E-state index contributed by atoms with van der Waals surface area (Å²) in [5.74, 6) is 0.648. The second-order valence-electron chi connectivity index (χ2n) is 5.22. The molecule has 0 saturated carbocycles. The highest BCUT2D eigenvalue weighted by Gasteiger charge is 2.16.